The first-order valence-electron chi connectivity index (χ1n) is 5.81. The molecule has 2 N–H and O–H groups in total. The topological polar surface area (TPSA) is 66.4 Å². The SMILES string of the molecule is C[C@@H](NC(=O)C1CCCC(C(F)(F)F)C1)C(=O)O. The minimum Gasteiger partial charge on any atom is -0.480 e. The molecule has 4 nitrogen and oxygen atoms in total. The molecular weight excluding hydrogens is 251 g/mol. The van der Waals surface area contributed by atoms with Crippen molar-refractivity contribution in [2.45, 2.75) is 44.8 Å². The van der Waals surface area contributed by atoms with Crippen molar-refractivity contribution in [3.63, 3.8) is 0 Å². The number of hydrogen-bond donors (Lipinski definition) is 2. The summed E-state index contributed by atoms with van der Waals surface area (Å²) in [4.78, 5) is 22.2. The summed E-state index contributed by atoms with van der Waals surface area (Å²) >= 11 is 0. The van der Waals surface area contributed by atoms with E-state index in [-0.39, 0.29) is 12.8 Å². The number of carboxylic acid groups (broad SMARTS) is 1. The number of carbonyl (C=O) groups is 2. The Morgan fingerprint density at radius 1 is 1.33 bits per heavy atom. The lowest BCUT2D eigenvalue weighted by Crippen LogP contribution is -2.43. The predicted molar refractivity (Wildman–Crippen MR) is 56.7 cm³/mol. The van der Waals surface area contributed by atoms with Gasteiger partial charge < -0.3 is 10.4 Å². The van der Waals surface area contributed by atoms with Crippen molar-refractivity contribution in [3.05, 3.63) is 0 Å². The lowest BCUT2D eigenvalue weighted by Gasteiger charge is -2.30. The number of rotatable bonds is 3. The van der Waals surface area contributed by atoms with E-state index in [0.29, 0.717) is 12.8 Å². The number of nitrogens with one attached hydrogen (secondary N) is 1. The van der Waals surface area contributed by atoms with Crippen LogP contribution in [0.2, 0.25) is 0 Å². The van der Waals surface area contributed by atoms with Gasteiger partial charge in [-0.25, -0.2) is 0 Å². The van der Waals surface area contributed by atoms with Gasteiger partial charge in [0.2, 0.25) is 5.91 Å². The molecule has 0 saturated heterocycles. The number of hydrogen-bond acceptors (Lipinski definition) is 2. The summed E-state index contributed by atoms with van der Waals surface area (Å²) in [5.74, 6) is -4.00. The third kappa shape index (κ3) is 3.89. The molecule has 104 valence electrons. The average Bonchev–Trinajstić information content (AvgIpc) is 2.27. The molecule has 1 aliphatic carbocycles. The normalized spacial score (nSPS) is 26.4. The Balaban J connectivity index is 2.56. The highest BCUT2D eigenvalue weighted by Crippen LogP contribution is 2.39. The van der Waals surface area contributed by atoms with Crippen molar-refractivity contribution in [2.75, 3.05) is 0 Å². The molecule has 1 saturated carbocycles. The molecule has 1 amide bonds. The standard InChI is InChI=1S/C11H16F3NO3/c1-6(10(17)18)15-9(16)7-3-2-4-8(5-7)11(12,13)14/h6-8H,2-5H2,1H3,(H,15,16)(H,17,18)/t6-,7?,8?/m1/s1. The first-order valence-corrected chi connectivity index (χ1v) is 5.81. The second kappa shape index (κ2) is 5.58. The van der Waals surface area contributed by atoms with E-state index in [2.05, 4.69) is 5.32 Å². The summed E-state index contributed by atoms with van der Waals surface area (Å²) in [5.41, 5.74) is 0. The summed E-state index contributed by atoms with van der Waals surface area (Å²) in [7, 11) is 0. The molecule has 1 fully saturated rings. The molecule has 0 aliphatic heterocycles. The van der Waals surface area contributed by atoms with Gasteiger partial charge in [0.1, 0.15) is 6.04 Å². The van der Waals surface area contributed by atoms with Crippen LogP contribution in [0.5, 0.6) is 0 Å². The fraction of sp³-hybridized carbons (Fsp3) is 0.818. The minimum absolute atomic E-state index is 0.0434. The van der Waals surface area contributed by atoms with Crippen LogP contribution in [0.3, 0.4) is 0 Å². The number of halogens is 3. The molecule has 3 atom stereocenters. The van der Waals surface area contributed by atoms with Gasteiger partial charge in [-0.3, -0.25) is 9.59 Å². The third-order valence-electron chi connectivity index (χ3n) is 3.24. The van der Waals surface area contributed by atoms with E-state index >= 15 is 0 Å². The first kappa shape index (κ1) is 14.8. The molecule has 0 heterocycles. The van der Waals surface area contributed by atoms with Crippen molar-refractivity contribution in [2.24, 2.45) is 11.8 Å². The molecule has 18 heavy (non-hydrogen) atoms. The van der Waals surface area contributed by atoms with E-state index in [1.165, 1.54) is 6.92 Å². The highest BCUT2D eigenvalue weighted by Gasteiger charge is 2.43. The zero-order chi connectivity index (χ0) is 13.9. The van der Waals surface area contributed by atoms with Crippen LogP contribution in [0.25, 0.3) is 0 Å². The number of alkyl halides is 3. The van der Waals surface area contributed by atoms with Gasteiger partial charge in [-0.1, -0.05) is 6.42 Å². The van der Waals surface area contributed by atoms with E-state index in [0.717, 1.165) is 0 Å². The molecule has 0 spiro atoms. The molecule has 2 unspecified atom stereocenters. The summed E-state index contributed by atoms with van der Waals surface area (Å²) in [6.45, 7) is 1.28. The second-order valence-electron chi connectivity index (χ2n) is 4.67. The quantitative estimate of drug-likeness (QED) is 0.821. The molecule has 0 aromatic heterocycles. The van der Waals surface area contributed by atoms with E-state index < -0.39 is 35.9 Å². The van der Waals surface area contributed by atoms with Crippen molar-refractivity contribution < 1.29 is 27.9 Å². The average molecular weight is 267 g/mol. The lowest BCUT2D eigenvalue weighted by molar-refractivity contribution is -0.186. The van der Waals surface area contributed by atoms with Gasteiger partial charge in [0, 0.05) is 5.92 Å². The molecule has 1 aliphatic rings. The van der Waals surface area contributed by atoms with Gasteiger partial charge in [0.15, 0.2) is 0 Å². The Bertz CT molecular complexity index is 330. The third-order valence-corrected chi connectivity index (χ3v) is 3.24. The number of carboxylic acids is 1. The van der Waals surface area contributed by atoms with Crippen LogP contribution in [0.4, 0.5) is 13.2 Å². The van der Waals surface area contributed by atoms with Gasteiger partial charge in [-0.05, 0) is 26.2 Å². The molecular formula is C11H16F3NO3. The Kier molecular flexibility index (Phi) is 4.59. The number of carbonyl (C=O) groups excluding carboxylic acids is 1. The zero-order valence-electron chi connectivity index (χ0n) is 9.96. The Morgan fingerprint density at radius 3 is 2.44 bits per heavy atom. The van der Waals surface area contributed by atoms with Crippen molar-refractivity contribution in [1.29, 1.82) is 0 Å². The number of aliphatic carboxylic acids is 1. The van der Waals surface area contributed by atoms with Crippen molar-refractivity contribution in [1.82, 2.24) is 5.32 Å². The van der Waals surface area contributed by atoms with Gasteiger partial charge in [-0.15, -0.1) is 0 Å². The van der Waals surface area contributed by atoms with Gasteiger partial charge in [0.25, 0.3) is 0 Å². The second-order valence-corrected chi connectivity index (χ2v) is 4.67. The molecule has 0 bridgehead atoms. The summed E-state index contributed by atoms with van der Waals surface area (Å²) in [5, 5.41) is 10.8. The van der Waals surface area contributed by atoms with Crippen LogP contribution >= 0.6 is 0 Å². The first-order chi connectivity index (χ1) is 8.21. The monoisotopic (exact) mass is 267 g/mol. The summed E-state index contributed by atoms with van der Waals surface area (Å²) in [6, 6.07) is -1.08. The maximum Gasteiger partial charge on any atom is 0.391 e. The molecule has 7 heteroatoms. The van der Waals surface area contributed by atoms with Crippen LogP contribution in [0.15, 0.2) is 0 Å². The highest BCUT2D eigenvalue weighted by molar-refractivity contribution is 5.84. The molecule has 0 radical (unpaired) electrons. The Morgan fingerprint density at radius 2 is 1.94 bits per heavy atom. The van der Waals surface area contributed by atoms with E-state index in [9.17, 15) is 22.8 Å². The predicted octanol–water partition coefficient (Wildman–Crippen LogP) is 1.94. The van der Waals surface area contributed by atoms with E-state index in [1.54, 1.807) is 0 Å². The fourth-order valence-electron chi connectivity index (χ4n) is 2.12. The van der Waals surface area contributed by atoms with Crippen LogP contribution in [-0.4, -0.2) is 29.2 Å². The molecule has 0 aromatic carbocycles. The maximum absolute atomic E-state index is 12.5. The maximum atomic E-state index is 12.5. The lowest BCUT2D eigenvalue weighted by atomic mass is 9.80. The highest BCUT2D eigenvalue weighted by atomic mass is 19.4. The zero-order valence-corrected chi connectivity index (χ0v) is 9.96. The van der Waals surface area contributed by atoms with Crippen molar-refractivity contribution >= 4 is 11.9 Å². The molecule has 0 aromatic rings. The summed E-state index contributed by atoms with van der Waals surface area (Å²) < 4.78 is 37.6. The largest absolute Gasteiger partial charge is 0.480 e. The van der Waals surface area contributed by atoms with Crippen LogP contribution in [0, 0.1) is 11.8 Å². The fourth-order valence-corrected chi connectivity index (χ4v) is 2.12. The Labute approximate surface area is 103 Å². The summed E-state index contributed by atoms with van der Waals surface area (Å²) in [6.07, 6.45) is -3.77. The van der Waals surface area contributed by atoms with E-state index in [1.807, 2.05) is 0 Å². The number of amides is 1. The molecule has 1 rings (SSSR count). The van der Waals surface area contributed by atoms with Crippen LogP contribution < -0.4 is 5.32 Å². The van der Waals surface area contributed by atoms with Gasteiger partial charge in [0.05, 0.1) is 5.92 Å². The smallest absolute Gasteiger partial charge is 0.391 e. The van der Waals surface area contributed by atoms with E-state index in [4.69, 9.17) is 5.11 Å². The van der Waals surface area contributed by atoms with Crippen LogP contribution in [-0.2, 0) is 9.59 Å². The van der Waals surface area contributed by atoms with Gasteiger partial charge in [-0.2, -0.15) is 13.2 Å². The van der Waals surface area contributed by atoms with Crippen molar-refractivity contribution in [3.8, 4) is 0 Å². The van der Waals surface area contributed by atoms with Gasteiger partial charge >= 0.3 is 12.1 Å². The minimum atomic E-state index is -4.28. The Hall–Kier alpha value is -1.27. The van der Waals surface area contributed by atoms with Crippen LogP contribution in [0.1, 0.15) is 32.6 Å².